The molecule has 0 spiro atoms. The minimum absolute atomic E-state index is 0.199. The maximum absolute atomic E-state index is 12.2. The van der Waals surface area contributed by atoms with Gasteiger partial charge in [-0.05, 0) is 24.5 Å². The molecule has 1 aromatic heterocycles. The predicted molar refractivity (Wildman–Crippen MR) is 94.0 cm³/mol. The summed E-state index contributed by atoms with van der Waals surface area (Å²) in [4.78, 5) is 28.2. The van der Waals surface area contributed by atoms with Crippen molar-refractivity contribution in [1.82, 2.24) is 15.6 Å². The number of aromatic nitrogens is 1. The largest absolute Gasteiger partial charge is 0.352 e. The van der Waals surface area contributed by atoms with Gasteiger partial charge in [0, 0.05) is 25.5 Å². The molecule has 0 aliphatic carbocycles. The normalized spacial score (nSPS) is 10.2. The zero-order valence-corrected chi connectivity index (χ0v) is 13.9. The third-order valence-electron chi connectivity index (χ3n) is 3.62. The average Bonchev–Trinajstić information content (AvgIpc) is 2.63. The van der Waals surface area contributed by atoms with E-state index in [4.69, 9.17) is 0 Å². The third-order valence-corrected chi connectivity index (χ3v) is 3.62. The van der Waals surface area contributed by atoms with Crippen LogP contribution in [-0.2, 0) is 6.42 Å². The molecule has 5 heteroatoms. The second-order valence-corrected chi connectivity index (χ2v) is 5.56. The smallest absolute Gasteiger partial charge is 0.252 e. The molecular weight excluding hydrogens is 302 g/mol. The van der Waals surface area contributed by atoms with Crippen LogP contribution in [0, 0.1) is 0 Å². The van der Waals surface area contributed by atoms with Crippen LogP contribution in [-0.4, -0.2) is 29.9 Å². The van der Waals surface area contributed by atoms with Crippen molar-refractivity contribution in [1.29, 1.82) is 0 Å². The van der Waals surface area contributed by atoms with Gasteiger partial charge in [-0.3, -0.25) is 14.6 Å². The number of carbonyl (C=O) groups is 2. The third kappa shape index (κ3) is 5.50. The second kappa shape index (κ2) is 9.45. The van der Waals surface area contributed by atoms with Crippen LogP contribution in [0.5, 0.6) is 0 Å². The fourth-order valence-corrected chi connectivity index (χ4v) is 2.24. The van der Waals surface area contributed by atoms with E-state index in [1.807, 2.05) is 30.3 Å². The van der Waals surface area contributed by atoms with Gasteiger partial charge in [0.2, 0.25) is 0 Å². The zero-order chi connectivity index (χ0) is 17.2. The Morgan fingerprint density at radius 2 is 1.58 bits per heavy atom. The molecule has 126 valence electrons. The predicted octanol–water partition coefficient (Wildman–Crippen LogP) is 2.58. The standard InChI is InChI=1S/C19H23N3O2/c1-2-3-10-21-18(23)16-12-17(14-20-13-16)19(24)22-11-9-15-7-5-4-6-8-15/h4-8,12-14H,2-3,9-11H2,1H3,(H,21,23)(H,22,24). The van der Waals surface area contributed by atoms with Crippen molar-refractivity contribution in [2.75, 3.05) is 13.1 Å². The molecule has 2 rings (SSSR count). The Balaban J connectivity index is 1.87. The van der Waals surface area contributed by atoms with Gasteiger partial charge in [0.25, 0.3) is 11.8 Å². The lowest BCUT2D eigenvalue weighted by Crippen LogP contribution is -2.27. The lowest BCUT2D eigenvalue weighted by molar-refractivity contribution is 0.0952. The molecule has 5 nitrogen and oxygen atoms in total. The molecule has 0 bridgehead atoms. The highest BCUT2D eigenvalue weighted by Gasteiger charge is 2.10. The number of benzene rings is 1. The van der Waals surface area contributed by atoms with Gasteiger partial charge in [-0.25, -0.2) is 0 Å². The van der Waals surface area contributed by atoms with Gasteiger partial charge in [-0.1, -0.05) is 43.7 Å². The summed E-state index contributed by atoms with van der Waals surface area (Å²) < 4.78 is 0. The van der Waals surface area contributed by atoms with Gasteiger partial charge in [-0.2, -0.15) is 0 Å². The summed E-state index contributed by atoms with van der Waals surface area (Å²) in [5.74, 6) is -0.420. The molecule has 0 aliphatic heterocycles. The average molecular weight is 325 g/mol. The van der Waals surface area contributed by atoms with Gasteiger partial charge in [0.15, 0.2) is 0 Å². The number of nitrogens with zero attached hydrogens (tertiary/aromatic N) is 1. The summed E-state index contributed by atoms with van der Waals surface area (Å²) >= 11 is 0. The summed E-state index contributed by atoms with van der Waals surface area (Å²) in [5, 5.41) is 5.68. The Bertz CT molecular complexity index is 671. The lowest BCUT2D eigenvalue weighted by atomic mass is 10.1. The van der Waals surface area contributed by atoms with Crippen LogP contribution in [0.25, 0.3) is 0 Å². The Morgan fingerprint density at radius 3 is 2.21 bits per heavy atom. The maximum Gasteiger partial charge on any atom is 0.252 e. The number of hydrogen-bond donors (Lipinski definition) is 2. The van der Waals surface area contributed by atoms with E-state index >= 15 is 0 Å². The van der Waals surface area contributed by atoms with Crippen molar-refractivity contribution in [3.05, 3.63) is 65.5 Å². The minimum Gasteiger partial charge on any atom is -0.352 e. The fourth-order valence-electron chi connectivity index (χ4n) is 2.24. The van der Waals surface area contributed by atoms with Crippen molar-refractivity contribution in [2.24, 2.45) is 0 Å². The zero-order valence-electron chi connectivity index (χ0n) is 13.9. The van der Waals surface area contributed by atoms with E-state index < -0.39 is 0 Å². The van der Waals surface area contributed by atoms with Gasteiger partial charge in [0.05, 0.1) is 11.1 Å². The molecule has 0 saturated heterocycles. The number of amides is 2. The second-order valence-electron chi connectivity index (χ2n) is 5.56. The van der Waals surface area contributed by atoms with Crippen LogP contribution in [0.2, 0.25) is 0 Å². The topological polar surface area (TPSA) is 71.1 Å². The number of nitrogens with one attached hydrogen (secondary N) is 2. The Hall–Kier alpha value is -2.69. The van der Waals surface area contributed by atoms with Gasteiger partial charge in [0.1, 0.15) is 0 Å². The van der Waals surface area contributed by atoms with Crippen molar-refractivity contribution < 1.29 is 9.59 Å². The van der Waals surface area contributed by atoms with Gasteiger partial charge >= 0.3 is 0 Å². The Morgan fingerprint density at radius 1 is 0.958 bits per heavy atom. The first kappa shape index (κ1) is 17.7. The molecule has 1 heterocycles. The SMILES string of the molecule is CCCCNC(=O)c1cncc(C(=O)NCCc2ccccc2)c1. The molecule has 2 N–H and O–H groups in total. The summed E-state index contributed by atoms with van der Waals surface area (Å²) in [6.07, 6.45) is 5.65. The summed E-state index contributed by atoms with van der Waals surface area (Å²) in [5.41, 5.74) is 1.97. The van der Waals surface area contributed by atoms with Crippen LogP contribution < -0.4 is 10.6 Å². The molecule has 0 saturated carbocycles. The molecule has 0 unspecified atom stereocenters. The monoisotopic (exact) mass is 325 g/mol. The first-order chi connectivity index (χ1) is 11.7. The van der Waals surface area contributed by atoms with E-state index in [1.165, 1.54) is 18.0 Å². The maximum atomic E-state index is 12.2. The van der Waals surface area contributed by atoms with E-state index in [-0.39, 0.29) is 11.8 Å². The van der Waals surface area contributed by atoms with E-state index in [9.17, 15) is 9.59 Å². The van der Waals surface area contributed by atoms with E-state index in [0.717, 1.165) is 19.3 Å². The molecule has 0 radical (unpaired) electrons. The highest BCUT2D eigenvalue weighted by Crippen LogP contribution is 2.04. The minimum atomic E-state index is -0.221. The lowest BCUT2D eigenvalue weighted by Gasteiger charge is -2.07. The van der Waals surface area contributed by atoms with Crippen molar-refractivity contribution in [3.63, 3.8) is 0 Å². The van der Waals surface area contributed by atoms with E-state index in [0.29, 0.717) is 24.2 Å². The van der Waals surface area contributed by atoms with Crippen molar-refractivity contribution >= 4 is 11.8 Å². The number of hydrogen-bond acceptors (Lipinski definition) is 3. The number of rotatable bonds is 8. The summed E-state index contributed by atoms with van der Waals surface area (Å²) in [6.45, 7) is 3.23. The summed E-state index contributed by atoms with van der Waals surface area (Å²) in [6, 6.07) is 11.5. The van der Waals surface area contributed by atoms with Crippen LogP contribution in [0.3, 0.4) is 0 Å². The van der Waals surface area contributed by atoms with Crippen LogP contribution >= 0.6 is 0 Å². The molecule has 24 heavy (non-hydrogen) atoms. The highest BCUT2D eigenvalue weighted by molar-refractivity contribution is 5.99. The first-order valence-corrected chi connectivity index (χ1v) is 8.26. The van der Waals surface area contributed by atoms with Crippen molar-refractivity contribution in [3.8, 4) is 0 Å². The van der Waals surface area contributed by atoms with Crippen LogP contribution in [0.1, 0.15) is 46.0 Å². The molecule has 1 aromatic carbocycles. The fraction of sp³-hybridized carbons (Fsp3) is 0.316. The van der Waals surface area contributed by atoms with E-state index in [1.54, 1.807) is 6.07 Å². The van der Waals surface area contributed by atoms with E-state index in [2.05, 4.69) is 22.5 Å². The van der Waals surface area contributed by atoms with Gasteiger partial charge < -0.3 is 10.6 Å². The van der Waals surface area contributed by atoms with Crippen LogP contribution in [0.15, 0.2) is 48.8 Å². The first-order valence-electron chi connectivity index (χ1n) is 8.26. The molecule has 0 aliphatic rings. The highest BCUT2D eigenvalue weighted by atomic mass is 16.2. The number of pyridine rings is 1. The quantitative estimate of drug-likeness (QED) is 0.733. The molecule has 2 amide bonds. The molecule has 2 aromatic rings. The van der Waals surface area contributed by atoms with Gasteiger partial charge in [-0.15, -0.1) is 0 Å². The molecule has 0 fully saturated rings. The number of carbonyl (C=O) groups excluding carboxylic acids is 2. The van der Waals surface area contributed by atoms with Crippen LogP contribution in [0.4, 0.5) is 0 Å². The number of unbranched alkanes of at least 4 members (excludes halogenated alkanes) is 1. The Kier molecular flexibility index (Phi) is 6.95. The van der Waals surface area contributed by atoms with Crippen molar-refractivity contribution in [2.45, 2.75) is 26.2 Å². The molecular formula is C19H23N3O2. The summed E-state index contributed by atoms with van der Waals surface area (Å²) in [7, 11) is 0. The molecule has 0 atom stereocenters. The Labute approximate surface area is 142 Å².